The van der Waals surface area contributed by atoms with E-state index in [0.29, 0.717) is 11.0 Å². The third-order valence-corrected chi connectivity index (χ3v) is 7.63. The second-order valence-electron chi connectivity index (χ2n) is 10.1. The molecule has 1 saturated carbocycles. The molecule has 2 atom stereocenters. The number of ether oxygens (including phenoxy) is 1. The highest BCUT2D eigenvalue weighted by atomic mass is 127. The smallest absolute Gasteiger partial charge is 0.426 e. The molecular formula is C31H34ClF3INO4. The van der Waals surface area contributed by atoms with Gasteiger partial charge in [0.2, 0.25) is 0 Å². The van der Waals surface area contributed by atoms with Crippen LogP contribution in [-0.2, 0) is 16.1 Å². The molecule has 5 nitrogen and oxygen atoms in total. The molecule has 222 valence electrons. The van der Waals surface area contributed by atoms with Crippen LogP contribution in [0.2, 0.25) is 0 Å². The van der Waals surface area contributed by atoms with Crippen molar-refractivity contribution in [1.29, 1.82) is 0 Å². The van der Waals surface area contributed by atoms with Crippen LogP contribution in [0, 0.1) is 36.1 Å². The van der Waals surface area contributed by atoms with E-state index in [-0.39, 0.29) is 6.61 Å². The first-order valence-electron chi connectivity index (χ1n) is 13.1. The summed E-state index contributed by atoms with van der Waals surface area (Å²) in [6.07, 6.45) is -2.79. The first-order chi connectivity index (χ1) is 19.2. The number of halogens is 5. The molecular weight excluding hydrogens is 670 g/mol. The minimum atomic E-state index is -4.61. The summed E-state index contributed by atoms with van der Waals surface area (Å²) in [5.41, 5.74) is 3.34. The highest BCUT2D eigenvalue weighted by Gasteiger charge is 2.62. The van der Waals surface area contributed by atoms with Crippen molar-refractivity contribution in [3.8, 4) is 23.1 Å². The molecule has 1 aliphatic carbocycles. The molecule has 1 fully saturated rings. The van der Waals surface area contributed by atoms with Crippen LogP contribution in [0.1, 0.15) is 44.7 Å². The normalized spacial score (nSPS) is 17.3. The van der Waals surface area contributed by atoms with Gasteiger partial charge >= 0.3 is 18.2 Å². The molecule has 1 aliphatic rings. The zero-order valence-electron chi connectivity index (χ0n) is 23.4. The number of hydrogen-bond acceptors (Lipinski definition) is 3. The summed E-state index contributed by atoms with van der Waals surface area (Å²) in [6, 6.07) is 18.2. The van der Waals surface area contributed by atoms with Crippen molar-refractivity contribution in [2.24, 2.45) is 17.3 Å². The van der Waals surface area contributed by atoms with E-state index in [2.05, 4.69) is 34.6 Å². The van der Waals surface area contributed by atoms with Gasteiger partial charge in [-0.05, 0) is 46.9 Å². The van der Waals surface area contributed by atoms with E-state index in [1.54, 1.807) is 13.8 Å². The number of allylic oxidation sites excluding steroid dienone is 2. The van der Waals surface area contributed by atoms with Gasteiger partial charge in [-0.15, -0.1) is 0 Å². The molecule has 1 N–H and O–H groups in total. The number of carbonyl (C=O) groups is 2. The van der Waals surface area contributed by atoms with E-state index >= 15 is 0 Å². The van der Waals surface area contributed by atoms with Gasteiger partial charge in [0.15, 0.2) is 0 Å². The lowest BCUT2D eigenvalue weighted by molar-refractivity contribution is -0.147. The molecule has 10 heteroatoms. The quantitative estimate of drug-likeness (QED) is 0.0982. The number of alkyl halides is 4. The molecule has 41 heavy (non-hydrogen) atoms. The van der Waals surface area contributed by atoms with Gasteiger partial charge in [0, 0.05) is 12.6 Å². The van der Waals surface area contributed by atoms with E-state index in [4.69, 9.17) is 21.4 Å². The van der Waals surface area contributed by atoms with Crippen molar-refractivity contribution < 1.29 is 32.6 Å². The van der Waals surface area contributed by atoms with Crippen LogP contribution in [0.4, 0.5) is 18.0 Å². The molecule has 0 saturated heterocycles. The number of benzene rings is 2. The lowest BCUT2D eigenvalue weighted by Crippen LogP contribution is -2.25. The van der Waals surface area contributed by atoms with Crippen molar-refractivity contribution in [1.82, 2.24) is 4.90 Å². The topological polar surface area (TPSA) is 66.8 Å². The fraction of sp³-hybridized carbons (Fsp3) is 0.419. The third-order valence-electron chi connectivity index (χ3n) is 6.91. The molecule has 2 unspecified atom stereocenters. The Morgan fingerprint density at radius 3 is 2.39 bits per heavy atom. The van der Waals surface area contributed by atoms with Gasteiger partial charge in [0.05, 0.1) is 10.3 Å². The van der Waals surface area contributed by atoms with Crippen molar-refractivity contribution in [3.05, 3.63) is 70.8 Å². The molecule has 0 bridgehead atoms. The maximum atomic E-state index is 12.7. The number of unbranched alkanes of at least 4 members (excludes halogenated alkanes) is 1. The highest BCUT2D eigenvalue weighted by molar-refractivity contribution is 14.1. The van der Waals surface area contributed by atoms with E-state index in [1.165, 1.54) is 0 Å². The van der Waals surface area contributed by atoms with Crippen LogP contribution < -0.4 is 0 Å². The van der Waals surface area contributed by atoms with Gasteiger partial charge in [-0.1, -0.05) is 122 Å². The van der Waals surface area contributed by atoms with E-state index < -0.39 is 40.5 Å². The molecule has 0 heterocycles. The van der Waals surface area contributed by atoms with Crippen molar-refractivity contribution >= 4 is 46.3 Å². The maximum Gasteiger partial charge on any atom is 0.426 e. The first kappa shape index (κ1) is 34.5. The Labute approximate surface area is 258 Å². The largest absolute Gasteiger partial charge is 0.464 e. The predicted octanol–water partition coefficient (Wildman–Crippen LogP) is 8.82. The number of amides is 1. The van der Waals surface area contributed by atoms with E-state index in [1.807, 2.05) is 62.4 Å². The summed E-state index contributed by atoms with van der Waals surface area (Å²) in [5, 5.41) is 7.45. The van der Waals surface area contributed by atoms with Crippen LogP contribution >= 0.6 is 34.2 Å². The number of carbonyl (C=O) groups excluding carboxylic acids is 1. The second kappa shape index (κ2) is 15.5. The van der Waals surface area contributed by atoms with Gasteiger partial charge in [-0.2, -0.15) is 13.2 Å². The summed E-state index contributed by atoms with van der Waals surface area (Å²) >= 11 is 7.43. The molecule has 2 aromatic carbocycles. The monoisotopic (exact) mass is 703 g/mol. The summed E-state index contributed by atoms with van der Waals surface area (Å²) < 4.78 is 44.2. The van der Waals surface area contributed by atoms with Gasteiger partial charge in [-0.3, -0.25) is 4.79 Å². The molecule has 1 amide bonds. The minimum Gasteiger partial charge on any atom is -0.464 e. The van der Waals surface area contributed by atoms with Crippen molar-refractivity contribution in [3.63, 3.8) is 0 Å². The third kappa shape index (κ3) is 9.96. The van der Waals surface area contributed by atoms with Crippen LogP contribution in [0.15, 0.2) is 59.6 Å². The van der Waals surface area contributed by atoms with Crippen LogP contribution in [0.5, 0.6) is 0 Å². The average Bonchev–Trinajstić information content (AvgIpc) is 3.47. The van der Waals surface area contributed by atoms with Gasteiger partial charge in [-0.25, -0.2) is 9.69 Å². The minimum absolute atomic E-state index is 0.0708. The SMILES string of the molecule is CCCCN(C#CCI)C(=O)O.Cc1c(COC(=O)C2C(/C=C(\Cl)C(F)(F)F)C2(C)C)cccc1-c1ccccc1. The lowest BCUT2D eigenvalue weighted by Gasteiger charge is -2.12. The molecule has 0 spiro atoms. The van der Waals surface area contributed by atoms with Crippen molar-refractivity contribution in [2.45, 2.75) is 53.3 Å². The Bertz CT molecular complexity index is 1290. The lowest BCUT2D eigenvalue weighted by atomic mass is 9.97. The molecule has 3 rings (SSSR count). The molecule has 0 aliphatic heterocycles. The van der Waals surface area contributed by atoms with Crippen molar-refractivity contribution in [2.75, 3.05) is 11.0 Å². The number of carboxylic acid groups (broad SMARTS) is 1. The van der Waals surface area contributed by atoms with Gasteiger partial charge in [0.1, 0.15) is 11.6 Å². The summed E-state index contributed by atoms with van der Waals surface area (Å²) in [4.78, 5) is 24.2. The number of nitrogens with zero attached hydrogens (tertiary/aromatic N) is 1. The van der Waals surface area contributed by atoms with E-state index in [9.17, 15) is 22.8 Å². The van der Waals surface area contributed by atoms with Crippen LogP contribution in [-0.4, -0.2) is 39.2 Å². The Hall–Kier alpha value is -2.71. The summed E-state index contributed by atoms with van der Waals surface area (Å²) in [6.45, 7) is 8.04. The summed E-state index contributed by atoms with van der Waals surface area (Å²) in [7, 11) is 0. The molecule has 2 aromatic rings. The first-order valence-corrected chi connectivity index (χ1v) is 15.0. The number of rotatable bonds is 8. The average molecular weight is 704 g/mol. The second-order valence-corrected chi connectivity index (χ2v) is 11.3. The summed E-state index contributed by atoms with van der Waals surface area (Å²) in [5.74, 6) is 0.975. The van der Waals surface area contributed by atoms with Crippen LogP contribution in [0.3, 0.4) is 0 Å². The Balaban J connectivity index is 0.000000415. The van der Waals surface area contributed by atoms with E-state index in [0.717, 1.165) is 46.1 Å². The number of esters is 1. The zero-order valence-corrected chi connectivity index (χ0v) is 26.3. The zero-order chi connectivity index (χ0) is 30.8. The maximum absolute atomic E-state index is 12.7. The number of hydrogen-bond donors (Lipinski definition) is 1. The molecule has 0 radical (unpaired) electrons. The fourth-order valence-corrected chi connectivity index (χ4v) is 4.65. The van der Waals surface area contributed by atoms with Gasteiger partial charge < -0.3 is 9.84 Å². The van der Waals surface area contributed by atoms with Gasteiger partial charge in [0.25, 0.3) is 0 Å². The highest BCUT2D eigenvalue weighted by Crippen LogP contribution is 2.60. The standard InChI is InChI=1S/C23H22ClF3O2.C8H12INO2/c1-14-16(10-7-11-17(14)15-8-5-4-6-9-15)13-29-21(28)20-18(22(20,2)3)12-19(24)23(25,26)27;1-2-3-6-10(8(11)12)7-4-5-9/h4-12,18,20H,13H2,1-3H3;2-3,5-6H2,1H3,(H,11,12)/b19-12-;. The Morgan fingerprint density at radius 2 is 1.83 bits per heavy atom. The molecule has 0 aromatic heterocycles. The van der Waals surface area contributed by atoms with Crippen LogP contribution in [0.25, 0.3) is 11.1 Å². The Morgan fingerprint density at radius 1 is 1.17 bits per heavy atom. The predicted molar refractivity (Wildman–Crippen MR) is 163 cm³/mol. The Kier molecular flexibility index (Phi) is 13.0. The fourth-order valence-electron chi connectivity index (χ4n) is 4.34.